The van der Waals surface area contributed by atoms with E-state index in [4.69, 9.17) is 17.3 Å². The first-order valence-electron chi connectivity index (χ1n) is 5.27. The molecule has 0 saturated heterocycles. The molecule has 0 aliphatic carbocycles. The van der Waals surface area contributed by atoms with E-state index in [1.165, 1.54) is 18.2 Å². The molecule has 0 spiro atoms. The van der Waals surface area contributed by atoms with Crippen LogP contribution in [0.5, 0.6) is 5.75 Å². The van der Waals surface area contributed by atoms with E-state index in [1.807, 2.05) is 0 Å². The Hall–Kier alpha value is -1.88. The van der Waals surface area contributed by atoms with Gasteiger partial charge in [0, 0.05) is 11.1 Å². The van der Waals surface area contributed by atoms with Gasteiger partial charge >= 0.3 is 6.36 Å². The van der Waals surface area contributed by atoms with Crippen molar-refractivity contribution in [3.8, 4) is 16.9 Å². The van der Waals surface area contributed by atoms with E-state index in [1.54, 1.807) is 24.3 Å². The predicted octanol–water partition coefficient (Wildman–Crippen LogP) is 4.49. The van der Waals surface area contributed by atoms with Gasteiger partial charge in [-0.1, -0.05) is 41.9 Å². The molecule has 19 heavy (non-hydrogen) atoms. The Morgan fingerprint density at radius 2 is 1.58 bits per heavy atom. The fraction of sp³-hybridized carbons (Fsp3) is 0.0769. The van der Waals surface area contributed by atoms with Gasteiger partial charge in [-0.15, -0.1) is 13.2 Å². The van der Waals surface area contributed by atoms with Crippen LogP contribution in [0, 0.1) is 0 Å². The molecular weight excluding hydrogens is 279 g/mol. The van der Waals surface area contributed by atoms with Crippen molar-refractivity contribution in [3.63, 3.8) is 0 Å². The van der Waals surface area contributed by atoms with Crippen molar-refractivity contribution in [2.75, 3.05) is 5.73 Å². The van der Waals surface area contributed by atoms with Crippen molar-refractivity contribution in [3.05, 3.63) is 47.5 Å². The average Bonchev–Trinajstić information content (AvgIpc) is 2.32. The van der Waals surface area contributed by atoms with E-state index in [2.05, 4.69) is 4.74 Å². The number of anilines is 1. The number of nitrogen functional groups attached to an aromatic ring is 1. The van der Waals surface area contributed by atoms with Crippen LogP contribution in [-0.2, 0) is 0 Å². The Labute approximate surface area is 112 Å². The lowest BCUT2D eigenvalue weighted by Crippen LogP contribution is -2.17. The Morgan fingerprint density at radius 1 is 0.947 bits per heavy atom. The molecule has 0 amide bonds. The SMILES string of the molecule is Nc1c(Cl)cccc1-c1ccccc1OC(F)(F)F. The van der Waals surface area contributed by atoms with Gasteiger partial charge in [-0.2, -0.15) is 0 Å². The Morgan fingerprint density at radius 3 is 2.26 bits per heavy atom. The maximum absolute atomic E-state index is 12.3. The molecule has 100 valence electrons. The highest BCUT2D eigenvalue weighted by atomic mass is 35.5. The topological polar surface area (TPSA) is 35.2 Å². The van der Waals surface area contributed by atoms with Crippen LogP contribution in [0.2, 0.25) is 5.02 Å². The van der Waals surface area contributed by atoms with Crippen LogP contribution in [0.15, 0.2) is 42.5 Å². The molecule has 0 aliphatic rings. The summed E-state index contributed by atoms with van der Waals surface area (Å²) in [7, 11) is 0. The van der Waals surface area contributed by atoms with Crippen molar-refractivity contribution in [2.24, 2.45) is 0 Å². The zero-order chi connectivity index (χ0) is 14.0. The molecule has 0 atom stereocenters. The number of hydrogen-bond donors (Lipinski definition) is 1. The van der Waals surface area contributed by atoms with Gasteiger partial charge in [-0.25, -0.2) is 0 Å². The molecule has 6 heteroatoms. The molecule has 2 rings (SSSR count). The van der Waals surface area contributed by atoms with Crippen LogP contribution in [-0.4, -0.2) is 6.36 Å². The van der Waals surface area contributed by atoms with Crippen molar-refractivity contribution in [1.82, 2.24) is 0 Å². The van der Waals surface area contributed by atoms with E-state index in [-0.39, 0.29) is 22.0 Å². The van der Waals surface area contributed by atoms with Crippen LogP contribution in [0.1, 0.15) is 0 Å². The van der Waals surface area contributed by atoms with Gasteiger partial charge < -0.3 is 10.5 Å². The number of para-hydroxylation sites is 2. The lowest BCUT2D eigenvalue weighted by Gasteiger charge is -2.14. The average molecular weight is 288 g/mol. The third-order valence-electron chi connectivity index (χ3n) is 2.46. The second-order valence-electron chi connectivity index (χ2n) is 3.75. The monoisotopic (exact) mass is 287 g/mol. The fourth-order valence-corrected chi connectivity index (χ4v) is 1.85. The van der Waals surface area contributed by atoms with Gasteiger partial charge in [-0.05, 0) is 12.1 Å². The minimum absolute atomic E-state index is 0.211. The molecule has 2 nitrogen and oxygen atoms in total. The molecular formula is C13H9ClF3NO. The summed E-state index contributed by atoms with van der Waals surface area (Å²) in [5, 5.41) is 0.277. The molecule has 0 radical (unpaired) electrons. The van der Waals surface area contributed by atoms with E-state index < -0.39 is 6.36 Å². The number of hydrogen-bond acceptors (Lipinski definition) is 2. The van der Waals surface area contributed by atoms with Crippen LogP contribution in [0.3, 0.4) is 0 Å². The minimum atomic E-state index is -4.76. The largest absolute Gasteiger partial charge is 0.573 e. The first kappa shape index (κ1) is 13.5. The normalized spacial score (nSPS) is 11.4. The third kappa shape index (κ3) is 3.12. The number of ether oxygens (including phenoxy) is 1. The van der Waals surface area contributed by atoms with E-state index >= 15 is 0 Å². The molecule has 0 bridgehead atoms. The van der Waals surface area contributed by atoms with E-state index in [0.29, 0.717) is 5.56 Å². The summed E-state index contributed by atoms with van der Waals surface area (Å²) >= 11 is 5.86. The van der Waals surface area contributed by atoms with Crippen LogP contribution < -0.4 is 10.5 Å². The van der Waals surface area contributed by atoms with Crippen molar-refractivity contribution >= 4 is 17.3 Å². The summed E-state index contributed by atoms with van der Waals surface area (Å²) in [5.74, 6) is -0.316. The molecule has 2 aromatic carbocycles. The maximum Gasteiger partial charge on any atom is 0.573 e. The standard InChI is InChI=1S/C13H9ClF3NO/c14-10-6-3-5-9(12(10)18)8-4-1-2-7-11(8)19-13(15,16)17/h1-7H,18H2. The third-order valence-corrected chi connectivity index (χ3v) is 2.79. The molecule has 2 aromatic rings. The molecule has 0 unspecified atom stereocenters. The van der Waals surface area contributed by atoms with Gasteiger partial charge in [0.05, 0.1) is 10.7 Å². The van der Waals surface area contributed by atoms with Crippen LogP contribution >= 0.6 is 11.6 Å². The highest BCUT2D eigenvalue weighted by Crippen LogP contribution is 2.38. The number of alkyl halides is 3. The van der Waals surface area contributed by atoms with E-state index in [0.717, 1.165) is 0 Å². The molecule has 2 N–H and O–H groups in total. The summed E-state index contributed by atoms with van der Waals surface area (Å²) in [6, 6.07) is 10.5. The summed E-state index contributed by atoms with van der Waals surface area (Å²) in [6.07, 6.45) is -4.76. The lowest BCUT2D eigenvalue weighted by molar-refractivity contribution is -0.274. The number of benzene rings is 2. The number of nitrogens with two attached hydrogens (primary N) is 1. The summed E-state index contributed by atoms with van der Waals surface area (Å²) in [5.41, 5.74) is 6.62. The molecule has 0 aromatic heterocycles. The maximum atomic E-state index is 12.3. The summed E-state index contributed by atoms with van der Waals surface area (Å²) in [6.45, 7) is 0. The van der Waals surface area contributed by atoms with Gasteiger partial charge in [0.15, 0.2) is 0 Å². The van der Waals surface area contributed by atoms with Gasteiger partial charge in [-0.3, -0.25) is 0 Å². The van der Waals surface area contributed by atoms with Crippen LogP contribution in [0.4, 0.5) is 18.9 Å². The Balaban J connectivity index is 2.54. The highest BCUT2D eigenvalue weighted by molar-refractivity contribution is 6.33. The Bertz CT molecular complexity index is 599. The molecule has 0 saturated carbocycles. The second kappa shape index (κ2) is 5.01. The highest BCUT2D eigenvalue weighted by Gasteiger charge is 2.32. The molecule has 0 fully saturated rings. The zero-order valence-electron chi connectivity index (χ0n) is 9.54. The predicted molar refractivity (Wildman–Crippen MR) is 68.0 cm³/mol. The van der Waals surface area contributed by atoms with Crippen LogP contribution in [0.25, 0.3) is 11.1 Å². The van der Waals surface area contributed by atoms with Gasteiger partial charge in [0.25, 0.3) is 0 Å². The van der Waals surface area contributed by atoms with Gasteiger partial charge in [0.2, 0.25) is 0 Å². The summed E-state index contributed by atoms with van der Waals surface area (Å²) in [4.78, 5) is 0. The second-order valence-corrected chi connectivity index (χ2v) is 4.15. The number of rotatable bonds is 2. The first-order chi connectivity index (χ1) is 8.88. The number of halogens is 4. The fourth-order valence-electron chi connectivity index (χ4n) is 1.67. The first-order valence-corrected chi connectivity index (χ1v) is 5.65. The smallest absolute Gasteiger partial charge is 0.405 e. The summed E-state index contributed by atoms with van der Waals surface area (Å²) < 4.78 is 41.0. The zero-order valence-corrected chi connectivity index (χ0v) is 10.3. The lowest BCUT2D eigenvalue weighted by atomic mass is 10.0. The quantitative estimate of drug-likeness (QED) is 0.826. The molecule has 0 heterocycles. The molecule has 0 aliphatic heterocycles. The van der Waals surface area contributed by atoms with Crippen molar-refractivity contribution < 1.29 is 17.9 Å². The minimum Gasteiger partial charge on any atom is -0.405 e. The Kier molecular flexibility index (Phi) is 3.57. The van der Waals surface area contributed by atoms with Crippen molar-refractivity contribution in [1.29, 1.82) is 0 Å². The van der Waals surface area contributed by atoms with E-state index in [9.17, 15) is 13.2 Å². The van der Waals surface area contributed by atoms with Crippen molar-refractivity contribution in [2.45, 2.75) is 6.36 Å². The van der Waals surface area contributed by atoms with Gasteiger partial charge in [0.1, 0.15) is 5.75 Å².